The number of carbonyl (C=O) groups excluding carboxylic acids is 1. The molecule has 1 radical (unpaired) electrons. The minimum atomic E-state index is 0.165. The molecule has 2 rings (SSSR count). The zero-order chi connectivity index (χ0) is 9.85. The smallest absolute Gasteiger partial charge is 0.136 e. The van der Waals surface area contributed by atoms with Crippen molar-refractivity contribution in [2.75, 3.05) is 0 Å². The van der Waals surface area contributed by atoms with Crippen molar-refractivity contribution in [3.8, 4) is 0 Å². The van der Waals surface area contributed by atoms with Crippen LogP contribution in [0.25, 0.3) is 0 Å². The SMILES string of the molecule is [CH2]C(=O)C1C[C@H]2CC[C@@]1(C)C2(C)C. The Morgan fingerprint density at radius 1 is 1.38 bits per heavy atom. The number of fused-ring (bicyclic) bond motifs is 2. The van der Waals surface area contributed by atoms with Gasteiger partial charge in [0.1, 0.15) is 5.78 Å². The molecule has 0 heterocycles. The summed E-state index contributed by atoms with van der Waals surface area (Å²) < 4.78 is 0. The average molecular weight is 179 g/mol. The highest BCUT2D eigenvalue weighted by Crippen LogP contribution is 2.68. The Bertz CT molecular complexity index is 254. The van der Waals surface area contributed by atoms with Crippen LogP contribution in [0.2, 0.25) is 0 Å². The molecule has 0 aromatic rings. The van der Waals surface area contributed by atoms with Crippen LogP contribution in [-0.4, -0.2) is 5.78 Å². The zero-order valence-electron chi connectivity index (χ0n) is 8.89. The van der Waals surface area contributed by atoms with E-state index < -0.39 is 0 Å². The van der Waals surface area contributed by atoms with Crippen molar-refractivity contribution in [3.63, 3.8) is 0 Å². The van der Waals surface area contributed by atoms with E-state index in [1.807, 2.05) is 0 Å². The van der Waals surface area contributed by atoms with Gasteiger partial charge in [0.15, 0.2) is 0 Å². The molecule has 0 spiro atoms. The van der Waals surface area contributed by atoms with Crippen molar-refractivity contribution in [1.82, 2.24) is 0 Å². The van der Waals surface area contributed by atoms with Crippen molar-refractivity contribution in [3.05, 3.63) is 6.92 Å². The van der Waals surface area contributed by atoms with Gasteiger partial charge in [0.25, 0.3) is 0 Å². The molecule has 3 atom stereocenters. The molecule has 1 unspecified atom stereocenters. The molecule has 2 saturated carbocycles. The summed E-state index contributed by atoms with van der Waals surface area (Å²) in [7, 11) is 0. The molecule has 2 aliphatic rings. The van der Waals surface area contributed by atoms with Crippen LogP contribution in [0.1, 0.15) is 40.0 Å². The Hall–Kier alpha value is -0.330. The largest absolute Gasteiger partial charge is 0.299 e. The van der Waals surface area contributed by atoms with E-state index in [-0.39, 0.29) is 17.1 Å². The molecule has 1 heteroatoms. The number of Topliss-reactive ketones (excluding diaryl/α,β-unsaturated/α-hetero) is 1. The van der Waals surface area contributed by atoms with E-state index >= 15 is 0 Å². The molecule has 0 aromatic heterocycles. The number of carbonyl (C=O) groups is 1. The van der Waals surface area contributed by atoms with Crippen LogP contribution in [0.15, 0.2) is 0 Å². The zero-order valence-corrected chi connectivity index (χ0v) is 8.89. The average Bonchev–Trinajstić information content (AvgIpc) is 2.34. The molecular formula is C12H19O. The maximum absolute atomic E-state index is 11.4. The normalized spacial score (nSPS) is 46.8. The van der Waals surface area contributed by atoms with Gasteiger partial charge in [-0.05, 0) is 36.0 Å². The van der Waals surface area contributed by atoms with E-state index in [9.17, 15) is 4.79 Å². The van der Waals surface area contributed by atoms with E-state index in [0.29, 0.717) is 5.41 Å². The summed E-state index contributed by atoms with van der Waals surface area (Å²) in [5.41, 5.74) is 0.585. The van der Waals surface area contributed by atoms with Crippen molar-refractivity contribution >= 4 is 5.78 Å². The fourth-order valence-electron chi connectivity index (χ4n) is 3.69. The first kappa shape index (κ1) is 9.23. The maximum Gasteiger partial charge on any atom is 0.136 e. The van der Waals surface area contributed by atoms with E-state index in [0.717, 1.165) is 12.3 Å². The van der Waals surface area contributed by atoms with Crippen molar-refractivity contribution in [1.29, 1.82) is 0 Å². The van der Waals surface area contributed by atoms with E-state index in [2.05, 4.69) is 27.7 Å². The summed E-state index contributed by atoms with van der Waals surface area (Å²) in [6.45, 7) is 10.6. The van der Waals surface area contributed by atoms with Gasteiger partial charge in [-0.15, -0.1) is 0 Å². The molecule has 13 heavy (non-hydrogen) atoms. The lowest BCUT2D eigenvalue weighted by Crippen LogP contribution is -2.35. The van der Waals surface area contributed by atoms with Crippen LogP contribution in [-0.2, 0) is 4.79 Å². The second-order valence-corrected chi connectivity index (χ2v) is 5.63. The highest BCUT2D eigenvalue weighted by Gasteiger charge is 2.62. The summed E-state index contributed by atoms with van der Waals surface area (Å²) in [6, 6.07) is 0. The Labute approximate surface area is 80.9 Å². The number of hydrogen-bond acceptors (Lipinski definition) is 1. The summed E-state index contributed by atoms with van der Waals surface area (Å²) >= 11 is 0. The lowest BCUT2D eigenvalue weighted by Gasteiger charge is -2.38. The number of ketones is 1. The molecule has 1 nitrogen and oxygen atoms in total. The maximum atomic E-state index is 11.4. The first-order valence-corrected chi connectivity index (χ1v) is 5.25. The summed E-state index contributed by atoms with van der Waals surface area (Å²) in [4.78, 5) is 11.4. The predicted molar refractivity (Wildman–Crippen MR) is 53.1 cm³/mol. The van der Waals surface area contributed by atoms with Crippen LogP contribution in [0, 0.1) is 29.6 Å². The molecule has 2 bridgehead atoms. The molecule has 73 valence electrons. The van der Waals surface area contributed by atoms with E-state index in [4.69, 9.17) is 0 Å². The van der Waals surface area contributed by atoms with Crippen LogP contribution in [0.4, 0.5) is 0 Å². The van der Waals surface area contributed by atoms with Crippen molar-refractivity contribution in [2.24, 2.45) is 22.7 Å². The van der Waals surface area contributed by atoms with Gasteiger partial charge in [0.05, 0.1) is 0 Å². The second kappa shape index (κ2) is 2.37. The molecule has 0 aromatic carbocycles. The first-order valence-electron chi connectivity index (χ1n) is 5.25. The van der Waals surface area contributed by atoms with Crippen molar-refractivity contribution in [2.45, 2.75) is 40.0 Å². The minimum absolute atomic E-state index is 0.165. The quantitative estimate of drug-likeness (QED) is 0.605. The van der Waals surface area contributed by atoms with Gasteiger partial charge in [-0.2, -0.15) is 0 Å². The van der Waals surface area contributed by atoms with Gasteiger partial charge in [-0.1, -0.05) is 20.8 Å². The standard InChI is InChI=1S/C12H19O/c1-8(13)10-7-9-5-6-12(10,4)11(9,2)3/h9-10H,1,5-7H2,2-4H3/t9-,10?,12-/m1/s1. The first-order chi connectivity index (χ1) is 5.89. The van der Waals surface area contributed by atoms with Gasteiger partial charge in [-0.25, -0.2) is 0 Å². The Morgan fingerprint density at radius 3 is 2.23 bits per heavy atom. The molecule has 2 fully saturated rings. The molecule has 0 amide bonds. The van der Waals surface area contributed by atoms with E-state index in [1.165, 1.54) is 12.8 Å². The van der Waals surface area contributed by atoms with Crippen LogP contribution < -0.4 is 0 Å². The molecule has 0 saturated heterocycles. The summed E-state index contributed by atoms with van der Waals surface area (Å²) in [5.74, 6) is 1.16. The van der Waals surface area contributed by atoms with Crippen LogP contribution in [0.5, 0.6) is 0 Å². The lowest BCUT2D eigenvalue weighted by molar-refractivity contribution is -0.122. The Balaban J connectivity index is 2.38. The molecule has 0 aliphatic heterocycles. The Morgan fingerprint density at radius 2 is 2.00 bits per heavy atom. The van der Waals surface area contributed by atoms with Gasteiger partial charge >= 0.3 is 0 Å². The topological polar surface area (TPSA) is 17.1 Å². The van der Waals surface area contributed by atoms with Crippen LogP contribution >= 0.6 is 0 Å². The number of hydrogen-bond donors (Lipinski definition) is 0. The third-order valence-corrected chi connectivity index (χ3v) is 5.18. The van der Waals surface area contributed by atoms with Gasteiger partial charge in [0, 0.05) is 12.8 Å². The van der Waals surface area contributed by atoms with Crippen molar-refractivity contribution < 1.29 is 4.79 Å². The Kier molecular flexibility index (Phi) is 1.68. The lowest BCUT2D eigenvalue weighted by atomic mass is 9.66. The third-order valence-electron chi connectivity index (χ3n) is 5.18. The van der Waals surface area contributed by atoms with Crippen LogP contribution in [0.3, 0.4) is 0 Å². The number of rotatable bonds is 1. The summed E-state index contributed by atoms with van der Waals surface area (Å²) in [6.07, 6.45) is 3.62. The highest BCUT2D eigenvalue weighted by atomic mass is 16.1. The molecule has 0 N–H and O–H groups in total. The van der Waals surface area contributed by atoms with Gasteiger partial charge in [0.2, 0.25) is 0 Å². The highest BCUT2D eigenvalue weighted by molar-refractivity contribution is 5.86. The fourth-order valence-corrected chi connectivity index (χ4v) is 3.69. The third kappa shape index (κ3) is 0.908. The van der Waals surface area contributed by atoms with Gasteiger partial charge < -0.3 is 0 Å². The predicted octanol–water partition coefficient (Wildman–Crippen LogP) is 2.85. The van der Waals surface area contributed by atoms with E-state index in [1.54, 1.807) is 0 Å². The second-order valence-electron chi connectivity index (χ2n) is 5.63. The molecular weight excluding hydrogens is 160 g/mol. The monoisotopic (exact) mass is 179 g/mol. The minimum Gasteiger partial charge on any atom is -0.299 e. The fraction of sp³-hybridized carbons (Fsp3) is 0.833. The summed E-state index contributed by atoms with van der Waals surface area (Å²) in [5, 5.41) is 0. The van der Waals surface area contributed by atoms with Gasteiger partial charge in [-0.3, -0.25) is 4.79 Å². The molecule has 2 aliphatic carbocycles.